The van der Waals surface area contributed by atoms with E-state index < -0.39 is 51.5 Å². The van der Waals surface area contributed by atoms with Crippen LogP contribution in [0, 0.1) is 17.5 Å². The lowest BCUT2D eigenvalue weighted by atomic mass is 10.2. The number of amides is 1. The van der Waals surface area contributed by atoms with Crippen LogP contribution in [0.15, 0.2) is 29.2 Å². The summed E-state index contributed by atoms with van der Waals surface area (Å²) in [6.45, 7) is 2.90. The molecule has 0 atom stereocenters. The smallest absolute Gasteiger partial charge is 0.338 e. The number of rotatable bonds is 8. The predicted octanol–water partition coefficient (Wildman–Crippen LogP) is 4.19. The number of carbonyl (C=O) groups excluding carboxylic acids is 2. The lowest BCUT2D eigenvalue weighted by Crippen LogP contribution is -2.31. The first-order chi connectivity index (χ1) is 16.0. The monoisotopic (exact) mass is 535 g/mol. The average molecular weight is 536 g/mol. The number of benzene rings is 2. The number of fused-ring (bicyclic) bond motifs is 1. The zero-order valence-corrected chi connectivity index (χ0v) is 20.1. The van der Waals surface area contributed by atoms with Crippen LogP contribution in [-0.4, -0.2) is 49.3 Å². The Morgan fingerprint density at radius 1 is 1.15 bits per heavy atom. The number of hydrogen-bond donors (Lipinski definition) is 1. The minimum Gasteiger partial charge on any atom is -0.452 e. The summed E-state index contributed by atoms with van der Waals surface area (Å²) >= 11 is 6.71. The van der Waals surface area contributed by atoms with Crippen LogP contribution in [0.25, 0.3) is 10.2 Å². The second-order valence-electron chi connectivity index (χ2n) is 6.71. The number of thiazole rings is 1. The zero-order chi connectivity index (χ0) is 25.2. The van der Waals surface area contributed by atoms with Crippen molar-refractivity contribution < 1.29 is 35.9 Å². The molecule has 0 aliphatic carbocycles. The van der Waals surface area contributed by atoms with Gasteiger partial charge in [0.1, 0.15) is 10.4 Å². The quantitative estimate of drug-likeness (QED) is 0.342. The highest BCUT2D eigenvalue weighted by atomic mass is 35.5. The fraction of sp³-hybridized carbons (Fsp3) is 0.250. The Morgan fingerprint density at radius 3 is 2.47 bits per heavy atom. The second kappa shape index (κ2) is 10.3. The number of hydrogen-bond acceptors (Lipinski definition) is 7. The molecule has 1 aromatic heterocycles. The molecule has 0 spiro atoms. The maximum Gasteiger partial charge on any atom is 0.338 e. The van der Waals surface area contributed by atoms with E-state index in [1.807, 2.05) is 0 Å². The summed E-state index contributed by atoms with van der Waals surface area (Å²) in [7, 11) is -3.96. The summed E-state index contributed by atoms with van der Waals surface area (Å²) in [5.74, 6) is -6.43. The summed E-state index contributed by atoms with van der Waals surface area (Å²) < 4.78 is 72.0. The summed E-state index contributed by atoms with van der Waals surface area (Å²) in [5, 5.41) is 1.98. The number of sulfonamides is 1. The van der Waals surface area contributed by atoms with E-state index in [9.17, 15) is 31.2 Å². The standard InChI is InChI=1S/C20H17ClF3N3O5S2/c1-3-27(4-2)34(30,31)14-7-10(5-6-11(14)21)19(29)32-9-15(28)25-20-26-18-13(33-20)8-12(22)16(23)17(18)24/h5-8H,3-4,9H2,1-2H3,(H,25,26,28). The maximum absolute atomic E-state index is 13.8. The van der Waals surface area contributed by atoms with Gasteiger partial charge in [0, 0.05) is 13.1 Å². The number of nitrogens with zero attached hydrogens (tertiary/aromatic N) is 2. The highest BCUT2D eigenvalue weighted by Crippen LogP contribution is 2.30. The van der Waals surface area contributed by atoms with E-state index in [4.69, 9.17) is 16.3 Å². The third-order valence-electron chi connectivity index (χ3n) is 4.59. The molecule has 2 aromatic carbocycles. The lowest BCUT2D eigenvalue weighted by Gasteiger charge is -2.19. The molecule has 0 saturated carbocycles. The Balaban J connectivity index is 1.71. The Hall–Kier alpha value is -2.74. The minimum atomic E-state index is -3.96. The number of esters is 1. The molecule has 0 unspecified atom stereocenters. The van der Waals surface area contributed by atoms with Crippen LogP contribution < -0.4 is 5.32 Å². The van der Waals surface area contributed by atoms with Crippen LogP contribution >= 0.6 is 22.9 Å². The summed E-state index contributed by atoms with van der Waals surface area (Å²) in [6.07, 6.45) is 0. The number of ether oxygens (including phenoxy) is 1. The lowest BCUT2D eigenvalue weighted by molar-refractivity contribution is -0.119. The maximum atomic E-state index is 13.8. The molecule has 3 rings (SSSR count). The van der Waals surface area contributed by atoms with Crippen molar-refractivity contribution >= 4 is 60.2 Å². The van der Waals surface area contributed by atoms with Crippen molar-refractivity contribution in [1.82, 2.24) is 9.29 Å². The Morgan fingerprint density at radius 2 is 1.82 bits per heavy atom. The van der Waals surface area contributed by atoms with Gasteiger partial charge in [-0.3, -0.25) is 10.1 Å². The van der Waals surface area contributed by atoms with Gasteiger partial charge in [0.2, 0.25) is 10.0 Å². The van der Waals surface area contributed by atoms with Crippen LogP contribution in [0.5, 0.6) is 0 Å². The molecular formula is C20H17ClF3N3O5S2. The first-order valence-electron chi connectivity index (χ1n) is 9.70. The van der Waals surface area contributed by atoms with E-state index in [0.29, 0.717) is 11.3 Å². The van der Waals surface area contributed by atoms with E-state index in [2.05, 4.69) is 10.3 Å². The van der Waals surface area contributed by atoms with Crippen molar-refractivity contribution in [2.45, 2.75) is 18.7 Å². The third-order valence-corrected chi connectivity index (χ3v) is 8.04. The van der Waals surface area contributed by atoms with Gasteiger partial charge in [-0.05, 0) is 24.3 Å². The Bertz CT molecular complexity index is 1380. The highest BCUT2D eigenvalue weighted by molar-refractivity contribution is 7.89. The molecule has 1 amide bonds. The van der Waals surface area contributed by atoms with Crippen molar-refractivity contribution in [3.8, 4) is 0 Å². The van der Waals surface area contributed by atoms with Gasteiger partial charge in [0.25, 0.3) is 5.91 Å². The molecule has 182 valence electrons. The van der Waals surface area contributed by atoms with Crippen molar-refractivity contribution in [1.29, 1.82) is 0 Å². The molecule has 0 aliphatic rings. The largest absolute Gasteiger partial charge is 0.452 e. The average Bonchev–Trinajstić information content (AvgIpc) is 3.18. The van der Waals surface area contributed by atoms with E-state index in [1.165, 1.54) is 12.1 Å². The van der Waals surface area contributed by atoms with Gasteiger partial charge in [-0.2, -0.15) is 4.31 Å². The molecule has 1 N–H and O–H groups in total. The number of nitrogens with one attached hydrogen (secondary N) is 1. The fourth-order valence-electron chi connectivity index (χ4n) is 2.93. The molecule has 14 heteroatoms. The van der Waals surface area contributed by atoms with E-state index in [0.717, 1.165) is 16.4 Å². The minimum absolute atomic E-state index is 0.0354. The Kier molecular flexibility index (Phi) is 7.81. The summed E-state index contributed by atoms with van der Waals surface area (Å²) in [5.41, 5.74) is -0.616. The van der Waals surface area contributed by atoms with Crippen molar-refractivity contribution in [2.24, 2.45) is 0 Å². The summed E-state index contributed by atoms with van der Waals surface area (Å²) in [4.78, 5) is 27.9. The van der Waals surface area contributed by atoms with Crippen LogP contribution in [0.2, 0.25) is 5.02 Å². The number of halogens is 4. The molecule has 34 heavy (non-hydrogen) atoms. The van der Waals surface area contributed by atoms with Crippen LogP contribution in [0.1, 0.15) is 24.2 Å². The topological polar surface area (TPSA) is 106 Å². The van der Waals surface area contributed by atoms with Crippen LogP contribution in [0.4, 0.5) is 18.3 Å². The van der Waals surface area contributed by atoms with Crippen LogP contribution in [-0.2, 0) is 19.6 Å². The van der Waals surface area contributed by atoms with Crippen molar-refractivity contribution in [2.75, 3.05) is 25.0 Å². The molecular weight excluding hydrogens is 519 g/mol. The SMILES string of the molecule is CCN(CC)S(=O)(=O)c1cc(C(=O)OCC(=O)Nc2nc3c(F)c(F)c(F)cc3s2)ccc1Cl. The van der Waals surface area contributed by atoms with Gasteiger partial charge in [-0.15, -0.1) is 0 Å². The van der Waals surface area contributed by atoms with Crippen molar-refractivity contribution in [3.05, 3.63) is 52.3 Å². The number of anilines is 1. The normalized spacial score (nSPS) is 11.7. The molecule has 0 radical (unpaired) electrons. The molecule has 1 heterocycles. The first kappa shape index (κ1) is 25.9. The number of carbonyl (C=O) groups is 2. The Labute approximate surface area is 201 Å². The zero-order valence-electron chi connectivity index (χ0n) is 17.7. The number of aromatic nitrogens is 1. The predicted molar refractivity (Wildman–Crippen MR) is 120 cm³/mol. The molecule has 3 aromatic rings. The molecule has 0 bridgehead atoms. The van der Waals surface area contributed by atoms with Gasteiger partial charge in [-0.1, -0.05) is 36.8 Å². The van der Waals surface area contributed by atoms with Crippen LogP contribution in [0.3, 0.4) is 0 Å². The molecule has 8 nitrogen and oxygen atoms in total. The highest BCUT2D eigenvalue weighted by Gasteiger charge is 2.26. The van der Waals surface area contributed by atoms with E-state index in [-0.39, 0.29) is 38.4 Å². The molecule has 0 aliphatic heterocycles. The van der Waals surface area contributed by atoms with E-state index >= 15 is 0 Å². The van der Waals surface area contributed by atoms with E-state index in [1.54, 1.807) is 13.8 Å². The fourth-order valence-corrected chi connectivity index (χ4v) is 5.79. The third kappa shape index (κ3) is 5.17. The molecule has 0 fully saturated rings. The second-order valence-corrected chi connectivity index (χ2v) is 10.1. The van der Waals surface area contributed by atoms with Gasteiger partial charge in [0.15, 0.2) is 29.2 Å². The first-order valence-corrected chi connectivity index (χ1v) is 12.3. The van der Waals surface area contributed by atoms with Gasteiger partial charge in [-0.25, -0.2) is 31.4 Å². The van der Waals surface area contributed by atoms with Gasteiger partial charge in [0.05, 0.1) is 15.3 Å². The van der Waals surface area contributed by atoms with Gasteiger partial charge < -0.3 is 4.74 Å². The van der Waals surface area contributed by atoms with Crippen molar-refractivity contribution in [3.63, 3.8) is 0 Å². The molecule has 0 saturated heterocycles. The van der Waals surface area contributed by atoms with Gasteiger partial charge >= 0.3 is 5.97 Å². The summed E-state index contributed by atoms with van der Waals surface area (Å²) in [6, 6.07) is 4.26.